The van der Waals surface area contributed by atoms with Crippen LogP contribution in [0.5, 0.6) is 11.5 Å². The predicted molar refractivity (Wildman–Crippen MR) is 104 cm³/mol. The predicted octanol–water partition coefficient (Wildman–Crippen LogP) is 4.58. The monoisotopic (exact) mass is 384 g/mol. The van der Waals surface area contributed by atoms with Gasteiger partial charge < -0.3 is 13.9 Å². The largest absolute Gasteiger partial charge is 0.486 e. The summed E-state index contributed by atoms with van der Waals surface area (Å²) < 4.78 is 17.7. The molecule has 1 aromatic heterocycles. The molecule has 140 valence electrons. The first-order valence-corrected chi connectivity index (χ1v) is 9.25. The summed E-state index contributed by atoms with van der Waals surface area (Å²) >= 11 is 5.95. The first-order chi connectivity index (χ1) is 13.1. The van der Waals surface area contributed by atoms with E-state index in [4.69, 9.17) is 25.5 Å². The third-order valence-electron chi connectivity index (χ3n) is 4.49. The van der Waals surface area contributed by atoms with E-state index in [1.807, 2.05) is 62.5 Å². The number of ether oxygens (including phenoxy) is 2. The molecule has 0 saturated heterocycles. The van der Waals surface area contributed by atoms with E-state index in [1.54, 1.807) is 0 Å². The first-order valence-electron chi connectivity index (χ1n) is 8.88. The van der Waals surface area contributed by atoms with Gasteiger partial charge in [-0.3, -0.25) is 4.90 Å². The van der Waals surface area contributed by atoms with Gasteiger partial charge in [0.1, 0.15) is 18.5 Å². The maximum absolute atomic E-state index is 6.03. The smallest absolute Gasteiger partial charge is 0.226 e. The standard InChI is InChI=1S/C21H21ClN2O3/c1-14-18(23-21(26-14)15-7-9-16(22)10-8-15)12-24(2)11-17-13-25-19-5-3-4-6-20(19)27-17/h3-10,17H,11-13H2,1-2H3. The van der Waals surface area contributed by atoms with Crippen LogP contribution in [-0.2, 0) is 6.54 Å². The Kier molecular flexibility index (Phi) is 5.05. The Hall–Kier alpha value is -2.50. The van der Waals surface area contributed by atoms with Crippen LogP contribution in [0.2, 0.25) is 5.02 Å². The molecule has 0 spiro atoms. The fraction of sp³-hybridized carbons (Fsp3) is 0.286. The molecule has 1 unspecified atom stereocenters. The highest BCUT2D eigenvalue weighted by atomic mass is 35.5. The second-order valence-electron chi connectivity index (χ2n) is 6.72. The van der Waals surface area contributed by atoms with Gasteiger partial charge in [-0.1, -0.05) is 23.7 Å². The van der Waals surface area contributed by atoms with Gasteiger partial charge >= 0.3 is 0 Å². The van der Waals surface area contributed by atoms with Crippen molar-refractivity contribution in [3.8, 4) is 23.0 Å². The van der Waals surface area contributed by atoms with Crippen LogP contribution >= 0.6 is 11.6 Å². The lowest BCUT2D eigenvalue weighted by Crippen LogP contribution is -2.39. The Morgan fingerprint density at radius 2 is 1.85 bits per heavy atom. The van der Waals surface area contributed by atoms with Gasteiger partial charge in [0.25, 0.3) is 0 Å². The van der Waals surface area contributed by atoms with Crippen LogP contribution in [-0.4, -0.2) is 36.2 Å². The number of nitrogens with zero attached hydrogens (tertiary/aromatic N) is 2. The second-order valence-corrected chi connectivity index (χ2v) is 7.16. The van der Waals surface area contributed by atoms with Gasteiger partial charge in [-0.25, -0.2) is 4.98 Å². The number of hydrogen-bond donors (Lipinski definition) is 0. The van der Waals surface area contributed by atoms with Gasteiger partial charge in [0.2, 0.25) is 5.89 Å². The molecule has 0 radical (unpaired) electrons. The average Bonchev–Trinajstić information content (AvgIpc) is 3.02. The van der Waals surface area contributed by atoms with Gasteiger partial charge in [-0.15, -0.1) is 0 Å². The van der Waals surface area contributed by atoms with Crippen LogP contribution in [0.25, 0.3) is 11.5 Å². The number of oxazole rings is 1. The molecule has 0 bridgehead atoms. The molecule has 0 N–H and O–H groups in total. The van der Waals surface area contributed by atoms with E-state index in [9.17, 15) is 0 Å². The number of aryl methyl sites for hydroxylation is 1. The Morgan fingerprint density at radius 3 is 2.63 bits per heavy atom. The zero-order valence-corrected chi connectivity index (χ0v) is 16.1. The summed E-state index contributed by atoms with van der Waals surface area (Å²) in [5, 5.41) is 0.693. The lowest BCUT2D eigenvalue weighted by Gasteiger charge is -2.29. The van der Waals surface area contributed by atoms with Crippen molar-refractivity contribution in [2.45, 2.75) is 19.6 Å². The number of benzene rings is 2. The normalized spacial score (nSPS) is 15.9. The molecule has 2 aromatic carbocycles. The van der Waals surface area contributed by atoms with Crippen molar-refractivity contribution >= 4 is 11.6 Å². The summed E-state index contributed by atoms with van der Waals surface area (Å²) in [6.45, 7) is 3.88. The molecule has 1 aliphatic heterocycles. The quantitative estimate of drug-likeness (QED) is 0.644. The van der Waals surface area contributed by atoms with Gasteiger partial charge in [-0.2, -0.15) is 0 Å². The van der Waals surface area contributed by atoms with Crippen molar-refractivity contribution in [1.82, 2.24) is 9.88 Å². The van der Waals surface area contributed by atoms with E-state index < -0.39 is 0 Å². The molecular weight excluding hydrogens is 364 g/mol. The number of aromatic nitrogens is 1. The van der Waals surface area contributed by atoms with Gasteiger partial charge in [-0.05, 0) is 50.4 Å². The average molecular weight is 385 g/mol. The lowest BCUT2D eigenvalue weighted by molar-refractivity contribution is 0.0634. The molecule has 4 rings (SSSR count). The molecule has 5 nitrogen and oxygen atoms in total. The lowest BCUT2D eigenvalue weighted by atomic mass is 10.2. The van der Waals surface area contributed by atoms with Gasteiger partial charge in [0.15, 0.2) is 11.5 Å². The minimum atomic E-state index is -0.0205. The summed E-state index contributed by atoms with van der Waals surface area (Å²) in [5.41, 5.74) is 1.83. The molecule has 1 aliphatic rings. The van der Waals surface area contributed by atoms with Crippen LogP contribution in [0.1, 0.15) is 11.5 Å². The van der Waals surface area contributed by atoms with Crippen molar-refractivity contribution < 1.29 is 13.9 Å². The molecule has 0 fully saturated rings. The molecule has 27 heavy (non-hydrogen) atoms. The maximum Gasteiger partial charge on any atom is 0.226 e. The van der Waals surface area contributed by atoms with E-state index >= 15 is 0 Å². The van der Waals surface area contributed by atoms with Crippen molar-refractivity contribution in [1.29, 1.82) is 0 Å². The van der Waals surface area contributed by atoms with E-state index in [1.165, 1.54) is 0 Å². The number of para-hydroxylation sites is 2. The minimum absolute atomic E-state index is 0.0205. The Morgan fingerprint density at radius 1 is 1.11 bits per heavy atom. The molecule has 2 heterocycles. The Balaban J connectivity index is 1.40. The minimum Gasteiger partial charge on any atom is -0.486 e. The molecular formula is C21H21ClN2O3. The van der Waals surface area contributed by atoms with Gasteiger partial charge in [0, 0.05) is 23.7 Å². The number of halogens is 1. The maximum atomic E-state index is 6.03. The number of fused-ring (bicyclic) bond motifs is 1. The van der Waals surface area contributed by atoms with E-state index in [-0.39, 0.29) is 6.10 Å². The summed E-state index contributed by atoms with van der Waals surface area (Å²) in [5.74, 6) is 3.03. The second kappa shape index (κ2) is 7.62. The summed E-state index contributed by atoms with van der Waals surface area (Å²) in [4.78, 5) is 6.82. The first kappa shape index (κ1) is 17.9. The number of likely N-dealkylation sites (N-methyl/N-ethyl adjacent to an activating group) is 1. The van der Waals surface area contributed by atoms with Crippen molar-refractivity contribution in [2.75, 3.05) is 20.2 Å². The molecule has 3 aromatic rings. The Bertz CT molecular complexity index is 923. The molecule has 0 aliphatic carbocycles. The van der Waals surface area contributed by atoms with Crippen molar-refractivity contribution in [3.05, 3.63) is 65.0 Å². The zero-order valence-electron chi connectivity index (χ0n) is 15.3. The van der Waals surface area contributed by atoms with Gasteiger partial charge in [0.05, 0.1) is 5.69 Å². The third kappa shape index (κ3) is 4.10. The SMILES string of the molecule is Cc1oc(-c2ccc(Cl)cc2)nc1CN(C)CC1COc2ccccc2O1. The molecule has 6 heteroatoms. The highest BCUT2D eigenvalue weighted by Crippen LogP contribution is 2.31. The van der Waals surface area contributed by atoms with Crippen LogP contribution in [0.3, 0.4) is 0 Å². The van der Waals surface area contributed by atoms with Crippen molar-refractivity contribution in [2.24, 2.45) is 0 Å². The third-order valence-corrected chi connectivity index (χ3v) is 4.74. The van der Waals surface area contributed by atoms with Crippen molar-refractivity contribution in [3.63, 3.8) is 0 Å². The van der Waals surface area contributed by atoms with E-state index in [0.29, 0.717) is 24.1 Å². The Labute approximate surface area is 163 Å². The fourth-order valence-corrected chi connectivity index (χ4v) is 3.24. The summed E-state index contributed by atoms with van der Waals surface area (Å²) in [6, 6.07) is 15.2. The molecule has 1 atom stereocenters. The molecule has 0 amide bonds. The van der Waals surface area contributed by atoms with Crippen LogP contribution in [0.15, 0.2) is 52.9 Å². The van der Waals surface area contributed by atoms with Crippen LogP contribution < -0.4 is 9.47 Å². The number of hydrogen-bond acceptors (Lipinski definition) is 5. The summed E-state index contributed by atoms with van der Waals surface area (Å²) in [6.07, 6.45) is -0.0205. The summed E-state index contributed by atoms with van der Waals surface area (Å²) in [7, 11) is 2.04. The van der Waals surface area contributed by atoms with E-state index in [0.717, 1.165) is 35.1 Å². The highest BCUT2D eigenvalue weighted by molar-refractivity contribution is 6.30. The van der Waals surface area contributed by atoms with Crippen LogP contribution in [0, 0.1) is 6.92 Å². The van der Waals surface area contributed by atoms with Crippen LogP contribution in [0.4, 0.5) is 0 Å². The zero-order chi connectivity index (χ0) is 18.8. The fourth-order valence-electron chi connectivity index (χ4n) is 3.11. The molecule has 0 saturated carbocycles. The highest BCUT2D eigenvalue weighted by Gasteiger charge is 2.23. The van der Waals surface area contributed by atoms with E-state index in [2.05, 4.69) is 9.88 Å². The number of rotatable bonds is 5. The topological polar surface area (TPSA) is 47.7 Å².